The Morgan fingerprint density at radius 3 is 1.73 bits per heavy atom. The highest BCUT2D eigenvalue weighted by atomic mass is 31.2. The van der Waals surface area contributed by atoms with Crippen LogP contribution in [0.15, 0.2) is 0 Å². The molecule has 2 unspecified atom stereocenters. The predicted molar refractivity (Wildman–Crippen MR) is 94.7 cm³/mol. The zero-order chi connectivity index (χ0) is 21.2. The average molecular weight is 420 g/mol. The maximum Gasteiger partial charge on any atom is 0.327 e. The zero-order valence-electron chi connectivity index (χ0n) is 16.3. The minimum absolute atomic E-state index is 0.00933. The van der Waals surface area contributed by atoms with Gasteiger partial charge in [0, 0.05) is 13.3 Å². The Balaban J connectivity index is 0. The van der Waals surface area contributed by atoms with E-state index in [1.807, 2.05) is 0 Å². The van der Waals surface area contributed by atoms with Gasteiger partial charge in [-0.05, 0) is 20.8 Å². The molecule has 0 aromatic heterocycles. The molecular formula is C14H30O10P2. The number of hydrogen-bond acceptors (Lipinski definition) is 8. The first-order valence-electron chi connectivity index (χ1n) is 7.69. The Labute approximate surface area is 154 Å². The molecule has 0 saturated carbocycles. The van der Waals surface area contributed by atoms with E-state index in [2.05, 4.69) is 13.8 Å². The highest BCUT2D eigenvalue weighted by Crippen LogP contribution is 2.36. The van der Waals surface area contributed by atoms with Crippen LogP contribution in [0.1, 0.15) is 34.6 Å². The smallest absolute Gasteiger partial charge is 0.327 e. The van der Waals surface area contributed by atoms with Crippen LogP contribution in [0.2, 0.25) is 0 Å². The summed E-state index contributed by atoms with van der Waals surface area (Å²) < 4.78 is 39.3. The summed E-state index contributed by atoms with van der Waals surface area (Å²) in [5.74, 6) is -1.00. The molecule has 12 heteroatoms. The van der Waals surface area contributed by atoms with Crippen LogP contribution in [-0.4, -0.2) is 55.1 Å². The van der Waals surface area contributed by atoms with Gasteiger partial charge in [-0.1, -0.05) is 13.8 Å². The third-order valence-corrected chi connectivity index (χ3v) is 3.47. The maximum atomic E-state index is 11.1. The Hall–Kier alpha value is -0.760. The van der Waals surface area contributed by atoms with Crippen molar-refractivity contribution in [1.82, 2.24) is 0 Å². The molecule has 0 aromatic carbocycles. The molecule has 10 nitrogen and oxygen atoms in total. The molecule has 0 saturated heterocycles. The summed E-state index contributed by atoms with van der Waals surface area (Å²) in [6.07, 6.45) is 0. The van der Waals surface area contributed by atoms with E-state index in [0.717, 1.165) is 13.3 Å². The fourth-order valence-electron chi connectivity index (χ4n) is 0.910. The lowest BCUT2D eigenvalue weighted by molar-refractivity contribution is -0.159. The second kappa shape index (κ2) is 11.8. The van der Waals surface area contributed by atoms with Crippen molar-refractivity contribution in [2.75, 3.05) is 33.3 Å². The van der Waals surface area contributed by atoms with Gasteiger partial charge in [-0.2, -0.15) is 0 Å². The Morgan fingerprint density at radius 2 is 1.38 bits per heavy atom. The van der Waals surface area contributed by atoms with Crippen molar-refractivity contribution in [3.05, 3.63) is 0 Å². The minimum Gasteiger partial charge on any atom is -0.463 e. The van der Waals surface area contributed by atoms with Crippen LogP contribution in [0.3, 0.4) is 0 Å². The number of rotatable bonds is 8. The molecule has 0 bridgehead atoms. The van der Waals surface area contributed by atoms with Gasteiger partial charge < -0.3 is 23.8 Å². The van der Waals surface area contributed by atoms with E-state index in [9.17, 15) is 18.7 Å². The van der Waals surface area contributed by atoms with Gasteiger partial charge in [-0.25, -0.2) is 0 Å². The molecule has 0 radical (unpaired) electrons. The quantitative estimate of drug-likeness (QED) is 0.260. The third-order valence-electron chi connectivity index (χ3n) is 2.22. The van der Waals surface area contributed by atoms with Crippen molar-refractivity contribution in [2.24, 2.45) is 11.3 Å². The van der Waals surface area contributed by atoms with Crippen LogP contribution >= 0.6 is 15.2 Å². The topological polar surface area (TPSA) is 146 Å². The van der Waals surface area contributed by atoms with Gasteiger partial charge in [0.05, 0.1) is 17.9 Å². The summed E-state index contributed by atoms with van der Waals surface area (Å²) in [5.41, 5.74) is -0.628. The standard InChI is InChI=1S/2C7H15O5P/c1-7(2,3)6(8)11-5-12-13(4,9)10;1-6(2)7(8)11-4-5-12-13(3,9)10/h5H2,1-4H3,(H,9,10);6H,4-5H2,1-3H3,(H,9,10). The Kier molecular flexibility index (Phi) is 12.5. The van der Waals surface area contributed by atoms with E-state index < -0.39 is 33.4 Å². The lowest BCUT2D eigenvalue weighted by Gasteiger charge is -2.16. The summed E-state index contributed by atoms with van der Waals surface area (Å²) in [5, 5.41) is 0. The maximum absolute atomic E-state index is 11.1. The Bertz CT molecular complexity index is 526. The van der Waals surface area contributed by atoms with Crippen LogP contribution in [0.25, 0.3) is 0 Å². The number of ether oxygens (including phenoxy) is 2. The fourth-order valence-corrected chi connectivity index (χ4v) is 1.57. The zero-order valence-corrected chi connectivity index (χ0v) is 18.0. The second-order valence-electron chi connectivity index (χ2n) is 6.69. The predicted octanol–water partition coefficient (Wildman–Crippen LogP) is 2.38. The molecule has 0 aliphatic heterocycles. The van der Waals surface area contributed by atoms with Crippen LogP contribution < -0.4 is 0 Å². The van der Waals surface area contributed by atoms with E-state index in [4.69, 9.17) is 14.5 Å². The first-order valence-corrected chi connectivity index (χ1v) is 11.7. The minimum atomic E-state index is -3.55. The van der Waals surface area contributed by atoms with Gasteiger partial charge in [-0.3, -0.25) is 23.2 Å². The summed E-state index contributed by atoms with van der Waals surface area (Å²) in [6.45, 7) is 10.0. The van der Waals surface area contributed by atoms with Gasteiger partial charge in [0.1, 0.15) is 6.61 Å². The van der Waals surface area contributed by atoms with Gasteiger partial charge in [-0.15, -0.1) is 0 Å². The molecular weight excluding hydrogens is 390 g/mol. The van der Waals surface area contributed by atoms with E-state index in [-0.39, 0.29) is 25.1 Å². The molecule has 0 fully saturated rings. The summed E-state index contributed by atoms with van der Waals surface area (Å²) in [6, 6.07) is 0. The van der Waals surface area contributed by atoms with Gasteiger partial charge >= 0.3 is 27.1 Å². The van der Waals surface area contributed by atoms with Crippen molar-refractivity contribution in [1.29, 1.82) is 0 Å². The van der Waals surface area contributed by atoms with Crippen LogP contribution in [0, 0.1) is 11.3 Å². The molecule has 0 rings (SSSR count). The van der Waals surface area contributed by atoms with Crippen LogP contribution in [0.5, 0.6) is 0 Å². The van der Waals surface area contributed by atoms with Crippen molar-refractivity contribution in [2.45, 2.75) is 34.6 Å². The van der Waals surface area contributed by atoms with E-state index in [1.165, 1.54) is 0 Å². The highest BCUT2D eigenvalue weighted by molar-refractivity contribution is 7.52. The van der Waals surface area contributed by atoms with Crippen molar-refractivity contribution >= 4 is 27.1 Å². The number of esters is 2. The first kappa shape index (κ1) is 27.5. The SMILES string of the molecule is CC(C)(C)C(=O)OCOP(C)(=O)O.CC(C)C(=O)OCCOP(C)(=O)O. The largest absolute Gasteiger partial charge is 0.463 e. The monoisotopic (exact) mass is 420 g/mol. The van der Waals surface area contributed by atoms with Crippen molar-refractivity contribution in [3.63, 3.8) is 0 Å². The van der Waals surface area contributed by atoms with E-state index in [0.29, 0.717) is 0 Å². The fraction of sp³-hybridized carbons (Fsp3) is 0.857. The molecule has 0 aliphatic carbocycles. The van der Waals surface area contributed by atoms with E-state index >= 15 is 0 Å². The van der Waals surface area contributed by atoms with Crippen LogP contribution in [-0.2, 0) is 37.2 Å². The number of carbonyl (C=O) groups excluding carboxylic acids is 2. The molecule has 0 amide bonds. The molecule has 0 aromatic rings. The lowest BCUT2D eigenvalue weighted by Crippen LogP contribution is -2.23. The second-order valence-corrected chi connectivity index (χ2v) is 10.4. The van der Waals surface area contributed by atoms with Crippen LogP contribution in [0.4, 0.5) is 0 Å². The number of carbonyl (C=O) groups is 2. The molecule has 156 valence electrons. The van der Waals surface area contributed by atoms with Gasteiger partial charge in [0.25, 0.3) is 0 Å². The normalized spacial score (nSPS) is 15.9. The summed E-state index contributed by atoms with van der Waals surface area (Å²) in [7, 11) is -6.99. The van der Waals surface area contributed by atoms with Crippen molar-refractivity contribution in [3.8, 4) is 0 Å². The Morgan fingerprint density at radius 1 is 0.923 bits per heavy atom. The molecule has 2 N–H and O–H groups in total. The average Bonchev–Trinajstić information content (AvgIpc) is 2.40. The first-order chi connectivity index (χ1) is 11.5. The molecule has 0 aliphatic rings. The van der Waals surface area contributed by atoms with Crippen molar-refractivity contribution < 1.29 is 47.0 Å². The molecule has 0 heterocycles. The summed E-state index contributed by atoms with van der Waals surface area (Å²) in [4.78, 5) is 39.3. The third kappa shape index (κ3) is 19.6. The lowest BCUT2D eigenvalue weighted by atomic mass is 9.98. The highest BCUT2D eigenvalue weighted by Gasteiger charge is 2.23. The van der Waals surface area contributed by atoms with E-state index in [1.54, 1.807) is 34.6 Å². The van der Waals surface area contributed by atoms with Gasteiger partial charge in [0.15, 0.2) is 0 Å². The molecule has 2 atom stereocenters. The summed E-state index contributed by atoms with van der Waals surface area (Å²) >= 11 is 0. The van der Waals surface area contributed by atoms with Gasteiger partial charge in [0.2, 0.25) is 6.79 Å². The number of hydrogen-bond donors (Lipinski definition) is 2. The molecule has 0 spiro atoms. The molecule has 26 heavy (non-hydrogen) atoms.